The number of ether oxygens (including phenoxy) is 1. The molecule has 0 fully saturated rings. The molecule has 0 unspecified atom stereocenters. The molecule has 1 aromatic heterocycles. The SMILES string of the molecule is CN=C(NCc1cccc(N(C)C)n1)NCc1ccccc1OC(F)(F)F.I. The van der Waals surface area contributed by atoms with E-state index in [4.69, 9.17) is 0 Å². The lowest BCUT2D eigenvalue weighted by Crippen LogP contribution is -2.36. The summed E-state index contributed by atoms with van der Waals surface area (Å²) in [5.74, 6) is 1.03. The monoisotopic (exact) mass is 509 g/mol. The summed E-state index contributed by atoms with van der Waals surface area (Å²) in [7, 11) is 5.39. The molecule has 0 saturated heterocycles. The van der Waals surface area contributed by atoms with Crippen molar-refractivity contribution in [3.8, 4) is 5.75 Å². The van der Waals surface area contributed by atoms with Crippen LogP contribution in [-0.2, 0) is 13.1 Å². The molecule has 154 valence electrons. The van der Waals surface area contributed by atoms with Crippen LogP contribution in [0.25, 0.3) is 0 Å². The van der Waals surface area contributed by atoms with Gasteiger partial charge in [-0.05, 0) is 18.2 Å². The Morgan fingerprint density at radius 1 is 1.07 bits per heavy atom. The molecule has 0 atom stereocenters. The van der Waals surface area contributed by atoms with Gasteiger partial charge in [0.15, 0.2) is 5.96 Å². The van der Waals surface area contributed by atoms with Crippen molar-refractivity contribution in [2.45, 2.75) is 19.5 Å². The number of nitrogens with one attached hydrogen (secondary N) is 2. The summed E-state index contributed by atoms with van der Waals surface area (Å²) in [5.41, 5.74) is 1.18. The number of rotatable bonds is 6. The number of alkyl halides is 3. The zero-order valence-electron chi connectivity index (χ0n) is 15.7. The highest BCUT2D eigenvalue weighted by atomic mass is 127. The maximum absolute atomic E-state index is 12.5. The Balaban J connectivity index is 0.00000392. The number of para-hydroxylation sites is 1. The lowest BCUT2D eigenvalue weighted by atomic mass is 10.2. The molecule has 0 amide bonds. The fourth-order valence-corrected chi connectivity index (χ4v) is 2.26. The molecule has 10 heteroatoms. The Kier molecular flexibility index (Phi) is 9.29. The van der Waals surface area contributed by atoms with E-state index in [-0.39, 0.29) is 36.3 Å². The quantitative estimate of drug-likeness (QED) is 0.355. The third-order valence-electron chi connectivity index (χ3n) is 3.56. The van der Waals surface area contributed by atoms with Gasteiger partial charge in [0.05, 0.1) is 12.2 Å². The highest BCUT2D eigenvalue weighted by Crippen LogP contribution is 2.26. The van der Waals surface area contributed by atoms with Crippen molar-refractivity contribution in [3.05, 3.63) is 53.7 Å². The summed E-state index contributed by atoms with van der Waals surface area (Å²) in [6, 6.07) is 11.6. The molecule has 2 rings (SSSR count). The molecule has 0 radical (unpaired) electrons. The van der Waals surface area contributed by atoms with Crippen LogP contribution in [-0.4, -0.2) is 38.4 Å². The molecule has 0 aliphatic heterocycles. The van der Waals surface area contributed by atoms with Gasteiger partial charge in [0.25, 0.3) is 0 Å². The Labute approximate surface area is 179 Å². The maximum Gasteiger partial charge on any atom is 0.573 e. The molecule has 0 bridgehead atoms. The number of aromatic nitrogens is 1. The van der Waals surface area contributed by atoms with E-state index in [1.54, 1.807) is 19.2 Å². The zero-order chi connectivity index (χ0) is 19.9. The second kappa shape index (κ2) is 10.9. The number of benzene rings is 1. The molecular formula is C18H23F3IN5O. The summed E-state index contributed by atoms with van der Waals surface area (Å²) < 4.78 is 41.5. The Hall–Kier alpha value is -2.24. The van der Waals surface area contributed by atoms with Crippen LogP contribution < -0.4 is 20.3 Å². The fraction of sp³-hybridized carbons (Fsp3) is 0.333. The second-order valence-corrected chi connectivity index (χ2v) is 5.82. The topological polar surface area (TPSA) is 61.8 Å². The maximum atomic E-state index is 12.5. The third-order valence-corrected chi connectivity index (χ3v) is 3.56. The first-order valence-corrected chi connectivity index (χ1v) is 8.20. The minimum absolute atomic E-state index is 0. The molecule has 0 aliphatic carbocycles. The number of guanidine groups is 1. The fourth-order valence-electron chi connectivity index (χ4n) is 2.26. The van der Waals surface area contributed by atoms with Gasteiger partial charge in [0.1, 0.15) is 11.6 Å². The van der Waals surface area contributed by atoms with E-state index >= 15 is 0 Å². The van der Waals surface area contributed by atoms with E-state index in [2.05, 4.69) is 25.3 Å². The van der Waals surface area contributed by atoms with E-state index in [9.17, 15) is 13.2 Å². The molecule has 0 saturated carbocycles. The number of nitrogens with zero attached hydrogens (tertiary/aromatic N) is 3. The molecule has 1 aromatic carbocycles. The summed E-state index contributed by atoms with van der Waals surface area (Å²) in [4.78, 5) is 10.5. The second-order valence-electron chi connectivity index (χ2n) is 5.82. The molecule has 28 heavy (non-hydrogen) atoms. The van der Waals surface area contributed by atoms with Crippen LogP contribution in [0.3, 0.4) is 0 Å². The van der Waals surface area contributed by atoms with Gasteiger partial charge < -0.3 is 20.3 Å². The van der Waals surface area contributed by atoms with Gasteiger partial charge in [-0.1, -0.05) is 24.3 Å². The first-order valence-electron chi connectivity index (χ1n) is 8.20. The van der Waals surface area contributed by atoms with Crippen molar-refractivity contribution in [2.75, 3.05) is 26.0 Å². The Bertz CT molecular complexity index is 784. The molecule has 0 aliphatic rings. The highest BCUT2D eigenvalue weighted by Gasteiger charge is 2.31. The van der Waals surface area contributed by atoms with Gasteiger partial charge >= 0.3 is 6.36 Å². The Morgan fingerprint density at radius 3 is 2.39 bits per heavy atom. The lowest BCUT2D eigenvalue weighted by Gasteiger charge is -2.16. The molecule has 6 nitrogen and oxygen atoms in total. The predicted molar refractivity (Wildman–Crippen MR) is 114 cm³/mol. The predicted octanol–water partition coefficient (Wildman–Crippen LogP) is 3.53. The largest absolute Gasteiger partial charge is 0.573 e. The summed E-state index contributed by atoms with van der Waals surface area (Å²) in [6.07, 6.45) is -4.74. The van der Waals surface area contributed by atoms with E-state index in [0.29, 0.717) is 18.1 Å². The van der Waals surface area contributed by atoms with E-state index in [1.807, 2.05) is 37.2 Å². The minimum Gasteiger partial charge on any atom is -0.405 e. The van der Waals surface area contributed by atoms with Crippen LogP contribution in [0.15, 0.2) is 47.5 Å². The average molecular weight is 509 g/mol. The zero-order valence-corrected chi connectivity index (χ0v) is 18.1. The van der Waals surface area contributed by atoms with Crippen LogP contribution in [0.1, 0.15) is 11.3 Å². The highest BCUT2D eigenvalue weighted by molar-refractivity contribution is 14.0. The molecule has 0 spiro atoms. The van der Waals surface area contributed by atoms with Gasteiger partial charge in [-0.15, -0.1) is 37.1 Å². The van der Waals surface area contributed by atoms with Crippen LogP contribution in [0.2, 0.25) is 0 Å². The average Bonchev–Trinajstić information content (AvgIpc) is 2.62. The summed E-state index contributed by atoms with van der Waals surface area (Å²) in [5, 5.41) is 6.06. The van der Waals surface area contributed by atoms with E-state index in [1.165, 1.54) is 12.1 Å². The van der Waals surface area contributed by atoms with Crippen LogP contribution in [0, 0.1) is 0 Å². The van der Waals surface area contributed by atoms with Crippen molar-refractivity contribution in [2.24, 2.45) is 4.99 Å². The standard InChI is InChI=1S/C18H22F3N5O.HI/c1-22-17(24-12-14-8-6-10-16(25-14)26(2)3)23-11-13-7-4-5-9-15(13)27-18(19,20)21;/h4-10H,11-12H2,1-3H3,(H2,22,23,24);1H. The lowest BCUT2D eigenvalue weighted by molar-refractivity contribution is -0.274. The third kappa shape index (κ3) is 7.79. The van der Waals surface area contributed by atoms with Crippen LogP contribution >= 0.6 is 24.0 Å². The smallest absolute Gasteiger partial charge is 0.405 e. The Morgan fingerprint density at radius 2 is 1.75 bits per heavy atom. The van der Waals surface area contributed by atoms with Crippen molar-refractivity contribution in [1.82, 2.24) is 15.6 Å². The van der Waals surface area contributed by atoms with Gasteiger partial charge in [0, 0.05) is 33.3 Å². The summed E-state index contributed by atoms with van der Waals surface area (Å²) in [6.45, 7) is 0.541. The first kappa shape index (κ1) is 23.8. The molecular weight excluding hydrogens is 486 g/mol. The van der Waals surface area contributed by atoms with Gasteiger partial charge in [-0.2, -0.15) is 0 Å². The molecule has 2 N–H and O–H groups in total. The van der Waals surface area contributed by atoms with Crippen LogP contribution in [0.5, 0.6) is 5.75 Å². The van der Waals surface area contributed by atoms with E-state index < -0.39 is 6.36 Å². The number of halogens is 4. The normalized spacial score (nSPS) is 11.4. The van der Waals surface area contributed by atoms with Crippen molar-refractivity contribution < 1.29 is 17.9 Å². The first-order chi connectivity index (χ1) is 12.8. The summed E-state index contributed by atoms with van der Waals surface area (Å²) >= 11 is 0. The van der Waals surface area contributed by atoms with Crippen molar-refractivity contribution in [1.29, 1.82) is 0 Å². The number of pyridine rings is 1. The number of anilines is 1. The van der Waals surface area contributed by atoms with Gasteiger partial charge in [-0.3, -0.25) is 4.99 Å². The number of aliphatic imine (C=N–C) groups is 1. The van der Waals surface area contributed by atoms with Crippen molar-refractivity contribution >= 4 is 35.8 Å². The minimum atomic E-state index is -4.74. The van der Waals surface area contributed by atoms with Gasteiger partial charge in [0.2, 0.25) is 0 Å². The molecule has 1 heterocycles. The molecule has 2 aromatic rings. The number of hydrogen-bond acceptors (Lipinski definition) is 4. The van der Waals surface area contributed by atoms with Gasteiger partial charge in [-0.25, -0.2) is 4.98 Å². The van der Waals surface area contributed by atoms with Crippen molar-refractivity contribution in [3.63, 3.8) is 0 Å². The number of hydrogen-bond donors (Lipinski definition) is 2. The van der Waals surface area contributed by atoms with E-state index in [0.717, 1.165) is 11.5 Å². The van der Waals surface area contributed by atoms with Crippen LogP contribution in [0.4, 0.5) is 19.0 Å².